The molecule has 0 amide bonds. The maximum Gasteiger partial charge on any atom is 0.193 e. The Bertz CT molecular complexity index is 1190. The Hall–Kier alpha value is -3.64. The summed E-state index contributed by atoms with van der Waals surface area (Å²) in [5, 5.41) is 6.99. The number of ether oxygens (including phenoxy) is 2. The van der Waals surface area contributed by atoms with Crippen LogP contribution in [0, 0.1) is 0 Å². The van der Waals surface area contributed by atoms with Gasteiger partial charge in [-0.15, -0.1) is 0 Å². The van der Waals surface area contributed by atoms with E-state index < -0.39 is 6.04 Å². The molecule has 0 fully saturated rings. The quantitative estimate of drug-likeness (QED) is 0.237. The molecule has 6 heteroatoms. The lowest BCUT2D eigenvalue weighted by Crippen LogP contribution is -2.44. The molecular weight excluding hydrogens is 444 g/mol. The zero-order chi connectivity index (χ0) is 23.9. The SMILES string of the molecule is CCCCOc1ccc(C2NC(=S)NC(c3ccccc3)=C2C(=O)c2ccccc2)cc1OC. The minimum absolute atomic E-state index is 0.0748. The number of unbranched alkanes of at least 4 members (excludes halogenated alkanes) is 1. The highest BCUT2D eigenvalue weighted by Gasteiger charge is 2.33. The van der Waals surface area contributed by atoms with Gasteiger partial charge in [-0.3, -0.25) is 4.79 Å². The molecule has 3 aromatic carbocycles. The highest BCUT2D eigenvalue weighted by molar-refractivity contribution is 7.80. The number of rotatable bonds is 9. The van der Waals surface area contributed by atoms with Crippen LogP contribution in [0.3, 0.4) is 0 Å². The molecule has 2 N–H and O–H groups in total. The number of hydrogen-bond acceptors (Lipinski definition) is 4. The van der Waals surface area contributed by atoms with Gasteiger partial charge in [0.25, 0.3) is 0 Å². The molecule has 0 radical (unpaired) electrons. The molecule has 0 saturated carbocycles. The zero-order valence-corrected chi connectivity index (χ0v) is 20.2. The van der Waals surface area contributed by atoms with E-state index in [-0.39, 0.29) is 5.78 Å². The van der Waals surface area contributed by atoms with Gasteiger partial charge in [0.05, 0.1) is 31.0 Å². The summed E-state index contributed by atoms with van der Waals surface area (Å²) in [5.74, 6) is 1.22. The van der Waals surface area contributed by atoms with E-state index >= 15 is 0 Å². The van der Waals surface area contributed by atoms with Gasteiger partial charge in [0.15, 0.2) is 22.4 Å². The van der Waals surface area contributed by atoms with E-state index in [1.165, 1.54) is 0 Å². The van der Waals surface area contributed by atoms with Crippen molar-refractivity contribution in [2.75, 3.05) is 13.7 Å². The summed E-state index contributed by atoms with van der Waals surface area (Å²) in [6, 6.07) is 24.4. The predicted molar refractivity (Wildman–Crippen MR) is 139 cm³/mol. The van der Waals surface area contributed by atoms with Crippen LogP contribution in [-0.2, 0) is 0 Å². The first-order chi connectivity index (χ1) is 16.6. The molecule has 0 bridgehead atoms. The normalized spacial score (nSPS) is 15.4. The standard InChI is InChI=1S/C28H28N2O3S/c1-3-4-17-33-22-16-15-21(18-23(22)32-2)26-24(27(31)20-13-9-6-10-14-20)25(29-28(34)30-26)19-11-7-5-8-12-19/h5-16,18,26H,3-4,17H2,1-2H3,(H2,29,30,34). The van der Waals surface area contributed by atoms with E-state index in [0.717, 1.165) is 24.0 Å². The first kappa shape index (κ1) is 23.5. The van der Waals surface area contributed by atoms with Gasteiger partial charge in [-0.25, -0.2) is 0 Å². The van der Waals surface area contributed by atoms with E-state index in [9.17, 15) is 4.79 Å². The van der Waals surface area contributed by atoms with Crippen LogP contribution in [0.25, 0.3) is 5.70 Å². The topological polar surface area (TPSA) is 59.6 Å². The second-order valence-electron chi connectivity index (χ2n) is 7.99. The smallest absolute Gasteiger partial charge is 0.193 e. The first-order valence-electron chi connectivity index (χ1n) is 11.4. The molecule has 1 aliphatic heterocycles. The number of carbonyl (C=O) groups excluding carboxylic acids is 1. The number of benzene rings is 3. The van der Waals surface area contributed by atoms with Crippen LogP contribution in [0.5, 0.6) is 11.5 Å². The molecule has 1 unspecified atom stereocenters. The summed E-state index contributed by atoms with van der Waals surface area (Å²) in [6.07, 6.45) is 2.02. The fourth-order valence-electron chi connectivity index (χ4n) is 3.95. The van der Waals surface area contributed by atoms with Crippen molar-refractivity contribution in [3.8, 4) is 11.5 Å². The van der Waals surface area contributed by atoms with Crippen LogP contribution in [0.1, 0.15) is 47.3 Å². The molecule has 0 aliphatic carbocycles. The summed E-state index contributed by atoms with van der Waals surface area (Å²) in [4.78, 5) is 13.8. The highest BCUT2D eigenvalue weighted by Crippen LogP contribution is 2.37. The van der Waals surface area contributed by atoms with E-state index in [0.29, 0.717) is 40.1 Å². The first-order valence-corrected chi connectivity index (χ1v) is 11.8. The second kappa shape index (κ2) is 11.0. The number of methoxy groups -OCH3 is 1. The lowest BCUT2D eigenvalue weighted by Gasteiger charge is -2.32. The maximum atomic E-state index is 13.8. The van der Waals surface area contributed by atoms with Crippen molar-refractivity contribution in [1.82, 2.24) is 10.6 Å². The van der Waals surface area contributed by atoms with Gasteiger partial charge in [-0.05, 0) is 41.9 Å². The fraction of sp³-hybridized carbons (Fsp3) is 0.214. The third kappa shape index (κ3) is 5.13. The molecule has 1 aliphatic rings. The van der Waals surface area contributed by atoms with Crippen molar-refractivity contribution in [2.24, 2.45) is 0 Å². The maximum absolute atomic E-state index is 13.8. The van der Waals surface area contributed by atoms with Gasteiger partial charge in [-0.2, -0.15) is 0 Å². The molecule has 3 aromatic rings. The third-order valence-corrected chi connectivity index (χ3v) is 5.91. The molecule has 4 rings (SSSR count). The van der Waals surface area contributed by atoms with Gasteiger partial charge in [0.1, 0.15) is 0 Å². The Morgan fingerprint density at radius 3 is 2.35 bits per heavy atom. The number of nitrogens with one attached hydrogen (secondary N) is 2. The van der Waals surface area contributed by atoms with Crippen LogP contribution in [-0.4, -0.2) is 24.6 Å². The van der Waals surface area contributed by atoms with Crippen LogP contribution in [0.2, 0.25) is 0 Å². The lowest BCUT2D eigenvalue weighted by atomic mass is 9.87. The van der Waals surface area contributed by atoms with Gasteiger partial charge in [0, 0.05) is 5.56 Å². The van der Waals surface area contributed by atoms with E-state index in [1.54, 1.807) is 7.11 Å². The van der Waals surface area contributed by atoms with Crippen LogP contribution in [0.4, 0.5) is 0 Å². The van der Waals surface area contributed by atoms with Crippen molar-refractivity contribution in [3.63, 3.8) is 0 Å². The molecule has 5 nitrogen and oxygen atoms in total. The molecule has 1 heterocycles. The number of hydrogen-bond donors (Lipinski definition) is 2. The lowest BCUT2D eigenvalue weighted by molar-refractivity contribution is 0.102. The fourth-order valence-corrected chi connectivity index (χ4v) is 4.17. The largest absolute Gasteiger partial charge is 0.493 e. The monoisotopic (exact) mass is 472 g/mol. The molecule has 0 spiro atoms. The number of ketones is 1. The van der Waals surface area contributed by atoms with Crippen molar-refractivity contribution in [1.29, 1.82) is 0 Å². The summed E-state index contributed by atoms with van der Waals surface area (Å²) in [6.45, 7) is 2.75. The van der Waals surface area contributed by atoms with Crippen molar-refractivity contribution in [2.45, 2.75) is 25.8 Å². The molecular formula is C28H28N2O3S. The Balaban J connectivity index is 1.83. The van der Waals surface area contributed by atoms with Crippen LogP contribution >= 0.6 is 12.2 Å². The zero-order valence-electron chi connectivity index (χ0n) is 19.3. The second-order valence-corrected chi connectivity index (χ2v) is 8.40. The Labute approximate surface area is 205 Å². The molecule has 34 heavy (non-hydrogen) atoms. The van der Waals surface area contributed by atoms with E-state index in [1.807, 2.05) is 78.9 Å². The Morgan fingerprint density at radius 1 is 0.971 bits per heavy atom. The summed E-state index contributed by atoms with van der Waals surface area (Å²) in [5.41, 5.74) is 3.65. The van der Waals surface area contributed by atoms with Gasteiger partial charge < -0.3 is 20.1 Å². The Morgan fingerprint density at radius 2 is 1.68 bits per heavy atom. The summed E-state index contributed by atoms with van der Waals surface area (Å²) in [7, 11) is 1.62. The number of carbonyl (C=O) groups is 1. The van der Waals surface area contributed by atoms with Crippen molar-refractivity contribution < 1.29 is 14.3 Å². The average molecular weight is 473 g/mol. The molecule has 1 atom stereocenters. The van der Waals surface area contributed by atoms with E-state index in [2.05, 4.69) is 17.6 Å². The minimum atomic E-state index is -0.463. The number of thiocarbonyl (C=S) groups is 1. The molecule has 0 saturated heterocycles. The van der Waals surface area contributed by atoms with Crippen LogP contribution < -0.4 is 20.1 Å². The summed E-state index contributed by atoms with van der Waals surface area (Å²) >= 11 is 5.55. The number of Topliss-reactive ketones (excluding diaryl/α,β-unsaturated/α-hetero) is 1. The third-order valence-electron chi connectivity index (χ3n) is 5.69. The summed E-state index contributed by atoms with van der Waals surface area (Å²) < 4.78 is 11.5. The van der Waals surface area contributed by atoms with Crippen LogP contribution in [0.15, 0.2) is 84.4 Å². The van der Waals surface area contributed by atoms with Gasteiger partial charge >= 0.3 is 0 Å². The molecule has 174 valence electrons. The minimum Gasteiger partial charge on any atom is -0.493 e. The van der Waals surface area contributed by atoms with Gasteiger partial charge in [0.2, 0.25) is 0 Å². The van der Waals surface area contributed by atoms with Crippen molar-refractivity contribution in [3.05, 3.63) is 101 Å². The van der Waals surface area contributed by atoms with E-state index in [4.69, 9.17) is 21.7 Å². The van der Waals surface area contributed by atoms with Crippen molar-refractivity contribution >= 4 is 28.8 Å². The molecule has 0 aromatic heterocycles. The highest BCUT2D eigenvalue weighted by atomic mass is 32.1. The average Bonchev–Trinajstić information content (AvgIpc) is 2.89. The van der Waals surface area contributed by atoms with Gasteiger partial charge in [-0.1, -0.05) is 80.1 Å². The Kier molecular flexibility index (Phi) is 7.60. The predicted octanol–water partition coefficient (Wildman–Crippen LogP) is 5.69.